The Morgan fingerprint density at radius 2 is 1.84 bits per heavy atom. The number of piperidine rings is 1. The molecule has 4 aromatic rings. The summed E-state index contributed by atoms with van der Waals surface area (Å²) >= 11 is 0. The van der Waals surface area contributed by atoms with E-state index in [1.807, 2.05) is 32.9 Å². The number of imidazole rings is 1. The summed E-state index contributed by atoms with van der Waals surface area (Å²) in [6.07, 6.45) is 3.95. The Labute approximate surface area is 222 Å². The van der Waals surface area contributed by atoms with E-state index in [0.29, 0.717) is 45.2 Å². The van der Waals surface area contributed by atoms with Gasteiger partial charge in [-0.25, -0.2) is 9.18 Å². The maximum Gasteiger partial charge on any atom is 0.330 e. The van der Waals surface area contributed by atoms with E-state index in [2.05, 4.69) is 33.9 Å². The van der Waals surface area contributed by atoms with Crippen LogP contribution in [-0.4, -0.2) is 55.5 Å². The van der Waals surface area contributed by atoms with Crippen LogP contribution in [0.1, 0.15) is 65.3 Å². The van der Waals surface area contributed by atoms with Crippen molar-refractivity contribution in [2.75, 3.05) is 26.2 Å². The van der Waals surface area contributed by atoms with Gasteiger partial charge in [0.1, 0.15) is 11.3 Å². The van der Waals surface area contributed by atoms with E-state index >= 15 is 4.39 Å². The van der Waals surface area contributed by atoms with Crippen LogP contribution in [0.2, 0.25) is 0 Å². The monoisotopic (exact) mass is 520 g/mol. The van der Waals surface area contributed by atoms with Crippen molar-refractivity contribution < 1.29 is 9.13 Å². The van der Waals surface area contributed by atoms with Gasteiger partial charge in [0.2, 0.25) is 0 Å². The molecule has 0 spiro atoms. The highest BCUT2D eigenvalue weighted by Gasteiger charge is 2.25. The van der Waals surface area contributed by atoms with Crippen LogP contribution in [0.5, 0.6) is 0 Å². The number of likely N-dealkylation sites (tertiary alicyclic amines) is 1. The lowest BCUT2D eigenvalue weighted by Gasteiger charge is -2.36. The second kappa shape index (κ2) is 10.2. The van der Waals surface area contributed by atoms with Gasteiger partial charge < -0.3 is 9.64 Å². The summed E-state index contributed by atoms with van der Waals surface area (Å²) in [4.78, 5) is 19.9. The summed E-state index contributed by atoms with van der Waals surface area (Å²) in [6, 6.07) is 6.79. The maximum atomic E-state index is 15.2. The highest BCUT2D eigenvalue weighted by Crippen LogP contribution is 2.32. The number of pyridine rings is 1. The number of benzene rings is 1. The molecule has 4 heterocycles. The average molecular weight is 521 g/mol. The number of hydrogen-bond acceptors (Lipinski definition) is 6. The maximum absolute atomic E-state index is 15.2. The summed E-state index contributed by atoms with van der Waals surface area (Å²) in [5, 5.41) is 9.07. The van der Waals surface area contributed by atoms with Gasteiger partial charge in [-0.15, -0.1) is 10.2 Å². The first-order valence-electron chi connectivity index (χ1n) is 13.4. The Balaban J connectivity index is 1.36. The third-order valence-electron chi connectivity index (χ3n) is 7.87. The molecule has 1 aliphatic rings. The molecule has 3 aromatic heterocycles. The summed E-state index contributed by atoms with van der Waals surface area (Å²) in [7, 11) is 1.67. The molecule has 0 bridgehead atoms. The van der Waals surface area contributed by atoms with E-state index in [-0.39, 0.29) is 17.8 Å². The highest BCUT2D eigenvalue weighted by atomic mass is 19.1. The molecule has 5 rings (SSSR count). The zero-order valence-corrected chi connectivity index (χ0v) is 23.2. The van der Waals surface area contributed by atoms with Crippen LogP contribution in [0.15, 0.2) is 35.3 Å². The molecule has 1 fully saturated rings. The molecule has 9 heteroatoms. The summed E-state index contributed by atoms with van der Waals surface area (Å²) in [5.41, 5.74) is 3.66. The Bertz CT molecular complexity index is 1510. The largest absolute Gasteiger partial charge is 0.371 e. The van der Waals surface area contributed by atoms with Crippen LogP contribution in [0.3, 0.4) is 0 Å². The lowest BCUT2D eigenvalue weighted by molar-refractivity contribution is 0.0325. The van der Waals surface area contributed by atoms with Gasteiger partial charge in [0.05, 0.1) is 23.9 Å². The van der Waals surface area contributed by atoms with Crippen LogP contribution >= 0.6 is 0 Å². The predicted molar refractivity (Wildman–Crippen MR) is 148 cm³/mol. The quantitative estimate of drug-likeness (QED) is 0.331. The minimum atomic E-state index is -0.413. The molecule has 1 aromatic carbocycles. The molecule has 8 nitrogen and oxygen atoms in total. The van der Waals surface area contributed by atoms with Crippen LogP contribution in [-0.2, 0) is 11.8 Å². The number of nitrogens with zero attached hydrogens (tertiary/aromatic N) is 6. The first-order valence-corrected chi connectivity index (χ1v) is 13.4. The second-order valence-electron chi connectivity index (χ2n) is 11.5. The van der Waals surface area contributed by atoms with Crippen molar-refractivity contribution in [2.24, 2.45) is 12.5 Å². The minimum Gasteiger partial charge on any atom is -0.371 e. The number of halogens is 1. The number of hydrogen-bond donors (Lipinski definition) is 0. The van der Waals surface area contributed by atoms with Crippen molar-refractivity contribution in [1.29, 1.82) is 0 Å². The van der Waals surface area contributed by atoms with E-state index in [4.69, 9.17) is 4.74 Å². The van der Waals surface area contributed by atoms with Crippen LogP contribution in [0, 0.1) is 11.2 Å². The zero-order chi connectivity index (χ0) is 27.2. The van der Waals surface area contributed by atoms with Crippen LogP contribution in [0.25, 0.3) is 33.2 Å². The minimum absolute atomic E-state index is 0.0868. The number of aromatic nitrogens is 5. The van der Waals surface area contributed by atoms with Gasteiger partial charge in [-0.3, -0.25) is 14.1 Å². The average Bonchev–Trinajstić information content (AvgIpc) is 3.15. The van der Waals surface area contributed by atoms with Gasteiger partial charge in [0, 0.05) is 48.4 Å². The molecule has 0 amide bonds. The van der Waals surface area contributed by atoms with Crippen LogP contribution in [0.4, 0.5) is 4.39 Å². The molecule has 1 saturated heterocycles. The first-order chi connectivity index (χ1) is 18.1. The van der Waals surface area contributed by atoms with Crippen molar-refractivity contribution in [2.45, 2.75) is 59.6 Å². The van der Waals surface area contributed by atoms with E-state index in [1.165, 1.54) is 23.5 Å². The van der Waals surface area contributed by atoms with Gasteiger partial charge in [-0.05, 0) is 64.3 Å². The molecular formula is C29H37FN6O2. The molecule has 1 aliphatic heterocycles. The molecular weight excluding hydrogens is 483 g/mol. The molecule has 202 valence electrons. The third kappa shape index (κ3) is 4.97. The summed E-state index contributed by atoms with van der Waals surface area (Å²) in [5.74, 6) is -0.413. The van der Waals surface area contributed by atoms with Crippen LogP contribution < -0.4 is 5.69 Å². The number of rotatable bonds is 7. The highest BCUT2D eigenvalue weighted by molar-refractivity contribution is 6.02. The molecule has 0 unspecified atom stereocenters. The number of fused-ring (bicyclic) bond motifs is 3. The Hall–Kier alpha value is -3.17. The van der Waals surface area contributed by atoms with E-state index in [1.54, 1.807) is 23.9 Å². The Kier molecular flexibility index (Phi) is 7.09. The van der Waals surface area contributed by atoms with E-state index in [0.717, 1.165) is 25.3 Å². The molecule has 0 saturated carbocycles. The normalized spacial score (nSPS) is 17.1. The smallest absolute Gasteiger partial charge is 0.330 e. The fourth-order valence-electron chi connectivity index (χ4n) is 5.25. The molecule has 0 radical (unpaired) electrons. The van der Waals surface area contributed by atoms with Crippen molar-refractivity contribution in [3.63, 3.8) is 0 Å². The topological polar surface area (TPSA) is 78.1 Å². The lowest BCUT2D eigenvalue weighted by atomic mass is 9.83. The SMILES string of the molecule is CC(C)n1c(=O)n(C)c2nnc3cc(F)c(-c4ccc([C@@H](C)OCCN5CCC(C)(C)CC5)nc4)cc3c21. The summed E-state index contributed by atoms with van der Waals surface area (Å²) in [6.45, 7) is 14.3. The molecule has 1 atom stereocenters. The van der Waals surface area contributed by atoms with Crippen molar-refractivity contribution in [1.82, 2.24) is 29.2 Å². The molecule has 0 aliphatic carbocycles. The Morgan fingerprint density at radius 1 is 1.11 bits per heavy atom. The second-order valence-corrected chi connectivity index (χ2v) is 11.5. The van der Waals surface area contributed by atoms with E-state index < -0.39 is 5.82 Å². The first kappa shape index (κ1) is 26.4. The van der Waals surface area contributed by atoms with E-state index in [9.17, 15) is 4.79 Å². The predicted octanol–water partition coefficient (Wildman–Crippen LogP) is 5.26. The van der Waals surface area contributed by atoms with Gasteiger partial charge in [0.25, 0.3) is 0 Å². The van der Waals surface area contributed by atoms with Crippen molar-refractivity contribution in [3.05, 3.63) is 52.5 Å². The van der Waals surface area contributed by atoms with Gasteiger partial charge in [-0.2, -0.15) is 0 Å². The standard InChI is InChI=1S/C29H37FN6O2/c1-18(2)36-26-22-15-21(23(30)16-25(22)32-33-27(26)34(6)28(36)37)20-7-8-24(31-17-20)19(3)38-14-13-35-11-9-29(4,5)10-12-35/h7-8,15-19H,9-14H2,1-6H3/t19-/m1/s1. The molecule has 38 heavy (non-hydrogen) atoms. The third-order valence-corrected chi connectivity index (χ3v) is 7.87. The van der Waals surface area contributed by atoms with Crippen molar-refractivity contribution in [3.8, 4) is 11.1 Å². The van der Waals surface area contributed by atoms with Gasteiger partial charge in [0.15, 0.2) is 5.65 Å². The summed E-state index contributed by atoms with van der Waals surface area (Å²) < 4.78 is 24.4. The number of ether oxygens (including phenoxy) is 1. The fourth-order valence-corrected chi connectivity index (χ4v) is 5.25. The van der Waals surface area contributed by atoms with Gasteiger partial charge >= 0.3 is 5.69 Å². The molecule has 0 N–H and O–H groups in total. The Morgan fingerprint density at radius 3 is 2.50 bits per heavy atom. The lowest BCUT2D eigenvalue weighted by Crippen LogP contribution is -2.39. The number of aryl methyl sites for hydroxylation is 1. The van der Waals surface area contributed by atoms with Gasteiger partial charge in [-0.1, -0.05) is 19.9 Å². The zero-order valence-electron chi connectivity index (χ0n) is 23.2. The van der Waals surface area contributed by atoms with Crippen molar-refractivity contribution >= 4 is 22.1 Å². The fraction of sp³-hybridized carbons (Fsp3) is 0.517.